The molecule has 1 fully saturated rings. The summed E-state index contributed by atoms with van der Waals surface area (Å²) in [6.07, 6.45) is 4.75. The number of ether oxygens (including phenoxy) is 1. The quantitative estimate of drug-likeness (QED) is 0.833. The number of benzene rings is 1. The van der Waals surface area contributed by atoms with Gasteiger partial charge in [0.1, 0.15) is 5.75 Å². The summed E-state index contributed by atoms with van der Waals surface area (Å²) in [5, 5.41) is 2.99. The number of carbonyl (C=O) groups is 1. The lowest BCUT2D eigenvalue weighted by Gasteiger charge is -2.23. The van der Waals surface area contributed by atoms with Crippen molar-refractivity contribution < 1.29 is 9.53 Å². The Kier molecular flexibility index (Phi) is 7.36. The second-order valence-corrected chi connectivity index (χ2v) is 6.49. The molecule has 0 heterocycles. The third-order valence-electron chi connectivity index (χ3n) is 4.51. The first-order chi connectivity index (χ1) is 10.4. The summed E-state index contributed by atoms with van der Waals surface area (Å²) in [4.78, 5) is 12.3. The molecule has 4 nitrogen and oxygen atoms in total. The molecule has 0 radical (unpaired) electrons. The molecular formula is C18H29ClN2O2. The number of hydrogen-bond acceptors (Lipinski definition) is 3. The fourth-order valence-electron chi connectivity index (χ4n) is 2.80. The van der Waals surface area contributed by atoms with E-state index >= 15 is 0 Å². The van der Waals surface area contributed by atoms with Gasteiger partial charge in [-0.05, 0) is 44.7 Å². The van der Waals surface area contributed by atoms with Gasteiger partial charge >= 0.3 is 0 Å². The number of halogens is 1. The van der Waals surface area contributed by atoms with Gasteiger partial charge in [-0.1, -0.05) is 31.9 Å². The lowest BCUT2D eigenvalue weighted by atomic mass is 9.98. The molecule has 0 bridgehead atoms. The van der Waals surface area contributed by atoms with Crippen molar-refractivity contribution in [2.24, 2.45) is 5.73 Å². The molecule has 0 aromatic heterocycles. The van der Waals surface area contributed by atoms with Crippen LogP contribution < -0.4 is 15.8 Å². The van der Waals surface area contributed by atoms with Crippen LogP contribution in [0.5, 0.6) is 5.75 Å². The minimum atomic E-state index is -0.678. The molecule has 2 rings (SSSR count). The highest BCUT2D eigenvalue weighted by Crippen LogP contribution is 2.28. The lowest BCUT2D eigenvalue weighted by Crippen LogP contribution is -2.51. The van der Waals surface area contributed by atoms with Crippen LogP contribution in [0.2, 0.25) is 0 Å². The predicted octanol–water partition coefficient (Wildman–Crippen LogP) is 3.48. The number of carbonyl (C=O) groups excluding carboxylic acids is 1. The smallest absolute Gasteiger partial charge is 0.240 e. The number of aryl methyl sites for hydroxylation is 1. The maximum atomic E-state index is 12.3. The van der Waals surface area contributed by atoms with E-state index in [1.165, 1.54) is 0 Å². The maximum absolute atomic E-state index is 12.3. The van der Waals surface area contributed by atoms with Crippen LogP contribution in [0.4, 0.5) is 0 Å². The van der Waals surface area contributed by atoms with Crippen LogP contribution in [-0.4, -0.2) is 17.6 Å². The van der Waals surface area contributed by atoms with E-state index < -0.39 is 5.54 Å². The second-order valence-electron chi connectivity index (χ2n) is 6.49. The van der Waals surface area contributed by atoms with Gasteiger partial charge in [-0.25, -0.2) is 0 Å². The van der Waals surface area contributed by atoms with Crippen molar-refractivity contribution in [2.45, 2.75) is 71.1 Å². The van der Waals surface area contributed by atoms with Crippen LogP contribution >= 0.6 is 12.4 Å². The molecular weight excluding hydrogens is 312 g/mol. The van der Waals surface area contributed by atoms with Crippen molar-refractivity contribution in [3.63, 3.8) is 0 Å². The molecule has 1 amide bonds. The van der Waals surface area contributed by atoms with Crippen molar-refractivity contribution >= 4 is 18.3 Å². The molecule has 0 aliphatic heterocycles. The van der Waals surface area contributed by atoms with Crippen LogP contribution in [0.25, 0.3) is 0 Å². The monoisotopic (exact) mass is 340 g/mol. The highest BCUT2D eigenvalue weighted by molar-refractivity contribution is 5.86. The van der Waals surface area contributed by atoms with Crippen molar-refractivity contribution in [3.8, 4) is 5.75 Å². The third kappa shape index (κ3) is 5.11. The molecule has 130 valence electrons. The SMILES string of the molecule is CCC(C)Oc1cc(C)ccc1CNC(=O)C1(N)CCCC1.Cl. The molecule has 0 spiro atoms. The van der Waals surface area contributed by atoms with Gasteiger partial charge in [0.2, 0.25) is 5.91 Å². The van der Waals surface area contributed by atoms with Crippen molar-refractivity contribution in [1.29, 1.82) is 0 Å². The van der Waals surface area contributed by atoms with Crippen LogP contribution in [0.15, 0.2) is 18.2 Å². The Morgan fingerprint density at radius 3 is 2.65 bits per heavy atom. The van der Waals surface area contributed by atoms with E-state index in [1.807, 2.05) is 25.1 Å². The molecule has 1 saturated carbocycles. The van der Waals surface area contributed by atoms with Gasteiger partial charge in [-0.2, -0.15) is 0 Å². The summed E-state index contributed by atoms with van der Waals surface area (Å²) in [7, 11) is 0. The second kappa shape index (κ2) is 8.55. The summed E-state index contributed by atoms with van der Waals surface area (Å²) >= 11 is 0. The number of nitrogens with one attached hydrogen (secondary N) is 1. The maximum Gasteiger partial charge on any atom is 0.240 e. The molecule has 5 heteroatoms. The molecule has 3 N–H and O–H groups in total. The Morgan fingerprint density at radius 1 is 1.39 bits per heavy atom. The summed E-state index contributed by atoms with van der Waals surface area (Å²) < 4.78 is 5.98. The number of rotatable bonds is 6. The van der Waals surface area contributed by atoms with Gasteiger partial charge in [0.15, 0.2) is 0 Å². The summed E-state index contributed by atoms with van der Waals surface area (Å²) in [5.41, 5.74) is 7.66. The van der Waals surface area contributed by atoms with Gasteiger partial charge in [0.25, 0.3) is 0 Å². The fraction of sp³-hybridized carbons (Fsp3) is 0.611. The highest BCUT2D eigenvalue weighted by Gasteiger charge is 2.36. The zero-order valence-electron chi connectivity index (χ0n) is 14.4. The first-order valence-electron chi connectivity index (χ1n) is 8.28. The van der Waals surface area contributed by atoms with E-state index in [-0.39, 0.29) is 24.4 Å². The third-order valence-corrected chi connectivity index (χ3v) is 4.51. The standard InChI is InChI=1S/C18H28N2O2.ClH/c1-4-14(3)22-16-11-13(2)7-8-15(16)12-20-17(21)18(19)9-5-6-10-18;/h7-8,11,14H,4-6,9-10,12,19H2,1-3H3,(H,20,21);1H. The summed E-state index contributed by atoms with van der Waals surface area (Å²) in [6, 6.07) is 6.09. The molecule has 1 unspecified atom stereocenters. The first-order valence-corrected chi connectivity index (χ1v) is 8.28. The Hall–Kier alpha value is -1.26. The summed E-state index contributed by atoms with van der Waals surface area (Å²) in [6.45, 7) is 6.65. The largest absolute Gasteiger partial charge is 0.490 e. The molecule has 1 aliphatic rings. The Balaban J connectivity index is 0.00000264. The number of nitrogens with two attached hydrogens (primary N) is 1. The average molecular weight is 341 g/mol. The number of amides is 1. The zero-order valence-corrected chi connectivity index (χ0v) is 15.2. The molecule has 23 heavy (non-hydrogen) atoms. The van der Waals surface area contributed by atoms with Crippen molar-refractivity contribution in [3.05, 3.63) is 29.3 Å². The van der Waals surface area contributed by atoms with E-state index in [0.717, 1.165) is 49.0 Å². The van der Waals surface area contributed by atoms with Gasteiger partial charge < -0.3 is 15.8 Å². The van der Waals surface area contributed by atoms with Crippen LogP contribution in [0, 0.1) is 6.92 Å². The molecule has 1 aromatic rings. The minimum Gasteiger partial charge on any atom is -0.490 e. The van der Waals surface area contributed by atoms with Gasteiger partial charge in [-0.3, -0.25) is 4.79 Å². The molecule has 1 aliphatic carbocycles. The zero-order chi connectivity index (χ0) is 16.2. The van der Waals surface area contributed by atoms with Gasteiger partial charge in [0.05, 0.1) is 11.6 Å². The van der Waals surface area contributed by atoms with E-state index in [4.69, 9.17) is 10.5 Å². The topological polar surface area (TPSA) is 64.3 Å². The highest BCUT2D eigenvalue weighted by atomic mass is 35.5. The Morgan fingerprint density at radius 2 is 2.04 bits per heavy atom. The molecule has 1 aromatic carbocycles. The van der Waals surface area contributed by atoms with E-state index in [0.29, 0.717) is 6.54 Å². The van der Waals surface area contributed by atoms with Crippen molar-refractivity contribution in [1.82, 2.24) is 5.32 Å². The lowest BCUT2D eigenvalue weighted by molar-refractivity contribution is -0.126. The first kappa shape index (κ1) is 19.8. The average Bonchev–Trinajstić information content (AvgIpc) is 2.94. The van der Waals surface area contributed by atoms with E-state index in [9.17, 15) is 4.79 Å². The van der Waals surface area contributed by atoms with Crippen molar-refractivity contribution in [2.75, 3.05) is 0 Å². The Bertz CT molecular complexity index is 528. The van der Waals surface area contributed by atoms with Crippen LogP contribution in [-0.2, 0) is 11.3 Å². The predicted molar refractivity (Wildman–Crippen MR) is 96.0 cm³/mol. The van der Waals surface area contributed by atoms with E-state index in [1.54, 1.807) is 0 Å². The summed E-state index contributed by atoms with van der Waals surface area (Å²) in [5.74, 6) is 0.812. The normalized spacial score (nSPS) is 17.2. The number of hydrogen-bond donors (Lipinski definition) is 2. The van der Waals surface area contributed by atoms with E-state index in [2.05, 4.69) is 19.2 Å². The molecule has 0 saturated heterocycles. The van der Waals surface area contributed by atoms with Crippen LogP contribution in [0.1, 0.15) is 57.1 Å². The van der Waals surface area contributed by atoms with Crippen LogP contribution in [0.3, 0.4) is 0 Å². The molecule has 1 atom stereocenters. The fourth-order valence-corrected chi connectivity index (χ4v) is 2.80. The Labute approximate surface area is 145 Å². The van der Waals surface area contributed by atoms with Gasteiger partial charge in [0, 0.05) is 12.1 Å². The minimum absolute atomic E-state index is 0. The van der Waals surface area contributed by atoms with Gasteiger partial charge in [-0.15, -0.1) is 12.4 Å².